The van der Waals surface area contributed by atoms with Gasteiger partial charge < -0.3 is 10.4 Å². The van der Waals surface area contributed by atoms with Crippen LogP contribution in [0.25, 0.3) is 6.08 Å². The van der Waals surface area contributed by atoms with Crippen LogP contribution in [0.5, 0.6) is 0 Å². The van der Waals surface area contributed by atoms with Gasteiger partial charge in [-0.05, 0) is 11.6 Å². The first-order chi connectivity index (χ1) is 8.50. The molecule has 0 aliphatic heterocycles. The zero-order valence-corrected chi connectivity index (χ0v) is 10.6. The van der Waals surface area contributed by atoms with E-state index in [0.29, 0.717) is 0 Å². The van der Waals surface area contributed by atoms with Gasteiger partial charge in [-0.25, -0.2) is 4.79 Å². The Morgan fingerprint density at radius 2 is 1.78 bits per heavy atom. The number of rotatable bonds is 4. The van der Waals surface area contributed by atoms with Gasteiger partial charge in [0.05, 0.1) is 0 Å². The normalized spacial score (nSPS) is 10.1. The highest BCUT2D eigenvalue weighted by Gasteiger charge is 2.13. The summed E-state index contributed by atoms with van der Waals surface area (Å²) in [4.78, 5) is 22.1. The fourth-order valence-corrected chi connectivity index (χ4v) is 1.34. The van der Waals surface area contributed by atoms with E-state index in [1.54, 1.807) is 12.1 Å². The zero-order valence-electron chi connectivity index (χ0n) is 9.06. The number of nitrogens with one attached hydrogen (secondary N) is 1. The molecule has 0 unspecified atom stereocenters. The molecule has 0 bridgehead atoms. The second-order valence-corrected chi connectivity index (χ2v) is 4.12. The minimum Gasteiger partial charge on any atom is -0.477 e. The molecule has 0 aliphatic carbocycles. The average Bonchev–Trinajstić information content (AvgIpc) is 2.34. The van der Waals surface area contributed by atoms with Crippen molar-refractivity contribution in [2.75, 3.05) is 0 Å². The van der Waals surface area contributed by atoms with Crippen LogP contribution < -0.4 is 5.32 Å². The first-order valence-electron chi connectivity index (χ1n) is 4.83. The predicted octanol–water partition coefficient (Wildman–Crippen LogP) is 2.55. The molecule has 6 heteroatoms. The van der Waals surface area contributed by atoms with E-state index < -0.39 is 22.1 Å². The van der Waals surface area contributed by atoms with Crippen LogP contribution in [-0.4, -0.2) is 17.0 Å². The molecule has 1 amide bonds. The SMILES string of the molecule is O=C(/C=C/c1ccccc1)NC(C(=O)O)=C(Cl)Cl. The molecule has 0 spiro atoms. The second kappa shape index (κ2) is 6.83. The molecule has 0 radical (unpaired) electrons. The highest BCUT2D eigenvalue weighted by atomic mass is 35.5. The second-order valence-electron chi connectivity index (χ2n) is 3.17. The summed E-state index contributed by atoms with van der Waals surface area (Å²) in [5.74, 6) is -2.04. The van der Waals surface area contributed by atoms with E-state index >= 15 is 0 Å². The highest BCUT2D eigenvalue weighted by molar-refractivity contribution is 6.57. The molecular weight excluding hydrogens is 277 g/mol. The van der Waals surface area contributed by atoms with Crippen LogP contribution in [0.4, 0.5) is 0 Å². The number of carbonyl (C=O) groups is 2. The summed E-state index contributed by atoms with van der Waals surface area (Å²) in [6.07, 6.45) is 2.73. The molecule has 0 heterocycles. The van der Waals surface area contributed by atoms with Gasteiger partial charge >= 0.3 is 5.97 Å². The zero-order chi connectivity index (χ0) is 13.5. The smallest absolute Gasteiger partial charge is 0.354 e. The minimum absolute atomic E-state index is 0.510. The summed E-state index contributed by atoms with van der Waals surface area (Å²) in [7, 11) is 0. The number of benzene rings is 1. The number of carbonyl (C=O) groups excluding carboxylic acids is 1. The molecule has 0 fully saturated rings. The van der Waals surface area contributed by atoms with E-state index in [2.05, 4.69) is 5.32 Å². The van der Waals surface area contributed by atoms with Crippen molar-refractivity contribution in [1.29, 1.82) is 0 Å². The molecule has 1 rings (SSSR count). The minimum atomic E-state index is -1.41. The standard InChI is InChI=1S/C12H9Cl2NO3/c13-11(14)10(12(17)18)15-9(16)7-6-8-4-2-1-3-5-8/h1-7H,(H,15,16)(H,17,18)/b7-6+. The maximum atomic E-state index is 11.4. The molecule has 0 saturated heterocycles. The summed E-state index contributed by atoms with van der Waals surface area (Å²) in [6, 6.07) is 9.07. The summed E-state index contributed by atoms with van der Waals surface area (Å²) in [6.45, 7) is 0. The van der Waals surface area contributed by atoms with Crippen LogP contribution in [0.1, 0.15) is 5.56 Å². The van der Waals surface area contributed by atoms with Crippen LogP contribution in [-0.2, 0) is 9.59 Å². The number of aliphatic carboxylic acids is 1. The topological polar surface area (TPSA) is 66.4 Å². The van der Waals surface area contributed by atoms with Crippen molar-refractivity contribution in [1.82, 2.24) is 5.32 Å². The van der Waals surface area contributed by atoms with E-state index in [4.69, 9.17) is 28.3 Å². The Morgan fingerprint density at radius 1 is 1.17 bits per heavy atom. The van der Waals surface area contributed by atoms with E-state index in [-0.39, 0.29) is 0 Å². The Kier molecular flexibility index (Phi) is 5.42. The Bertz CT molecular complexity index is 505. The van der Waals surface area contributed by atoms with E-state index in [0.717, 1.165) is 5.56 Å². The molecule has 0 aliphatic rings. The Morgan fingerprint density at radius 3 is 2.28 bits per heavy atom. The summed E-state index contributed by atoms with van der Waals surface area (Å²) in [5.41, 5.74) is 0.256. The quantitative estimate of drug-likeness (QED) is 0.836. The number of hydrogen-bond donors (Lipinski definition) is 2. The maximum absolute atomic E-state index is 11.4. The molecule has 0 aromatic heterocycles. The lowest BCUT2D eigenvalue weighted by Gasteiger charge is -2.02. The Labute approximate surface area is 114 Å². The van der Waals surface area contributed by atoms with Crippen molar-refractivity contribution in [3.63, 3.8) is 0 Å². The van der Waals surface area contributed by atoms with E-state index in [1.807, 2.05) is 18.2 Å². The van der Waals surface area contributed by atoms with Crippen LogP contribution in [0.2, 0.25) is 0 Å². The third-order valence-electron chi connectivity index (χ3n) is 1.88. The van der Waals surface area contributed by atoms with Crippen molar-refractivity contribution < 1.29 is 14.7 Å². The Hall–Kier alpha value is -1.78. The van der Waals surface area contributed by atoms with Crippen molar-refractivity contribution in [2.24, 2.45) is 0 Å². The number of carboxylic acid groups (broad SMARTS) is 1. The van der Waals surface area contributed by atoms with Crippen LogP contribution in [0.3, 0.4) is 0 Å². The number of amides is 1. The van der Waals surface area contributed by atoms with Gasteiger partial charge in [0, 0.05) is 6.08 Å². The van der Waals surface area contributed by atoms with Gasteiger partial charge in [0.2, 0.25) is 5.91 Å². The third-order valence-corrected chi connectivity index (χ3v) is 2.26. The lowest BCUT2D eigenvalue weighted by molar-refractivity contribution is -0.134. The van der Waals surface area contributed by atoms with Gasteiger partial charge in [-0.3, -0.25) is 4.79 Å². The largest absolute Gasteiger partial charge is 0.477 e. The first kappa shape index (κ1) is 14.3. The summed E-state index contributed by atoms with van der Waals surface area (Å²) in [5, 5.41) is 10.8. The fraction of sp³-hybridized carbons (Fsp3) is 0. The average molecular weight is 286 g/mol. The number of hydrogen-bond acceptors (Lipinski definition) is 2. The molecule has 2 N–H and O–H groups in total. The van der Waals surface area contributed by atoms with Crippen molar-refractivity contribution in [3.8, 4) is 0 Å². The van der Waals surface area contributed by atoms with Crippen LogP contribution >= 0.6 is 23.2 Å². The third kappa shape index (κ3) is 4.61. The molecule has 1 aromatic rings. The lowest BCUT2D eigenvalue weighted by Crippen LogP contribution is -2.26. The molecule has 1 aromatic carbocycles. The lowest BCUT2D eigenvalue weighted by atomic mass is 10.2. The molecule has 4 nitrogen and oxygen atoms in total. The van der Waals surface area contributed by atoms with E-state index in [9.17, 15) is 9.59 Å². The van der Waals surface area contributed by atoms with Crippen LogP contribution in [0.15, 0.2) is 46.6 Å². The van der Waals surface area contributed by atoms with Crippen molar-refractivity contribution in [2.45, 2.75) is 0 Å². The van der Waals surface area contributed by atoms with Gasteiger partial charge in [-0.15, -0.1) is 0 Å². The molecule has 0 saturated carbocycles. The number of halogens is 2. The van der Waals surface area contributed by atoms with Crippen molar-refractivity contribution in [3.05, 3.63) is 52.2 Å². The van der Waals surface area contributed by atoms with E-state index in [1.165, 1.54) is 12.2 Å². The fourth-order valence-electron chi connectivity index (χ4n) is 1.08. The van der Waals surface area contributed by atoms with Gasteiger partial charge in [-0.2, -0.15) is 0 Å². The van der Waals surface area contributed by atoms with Crippen LogP contribution in [0, 0.1) is 0 Å². The monoisotopic (exact) mass is 285 g/mol. The van der Waals surface area contributed by atoms with Gasteiger partial charge in [-0.1, -0.05) is 53.5 Å². The molecule has 94 valence electrons. The molecular formula is C12H9Cl2NO3. The molecule has 18 heavy (non-hydrogen) atoms. The Balaban J connectivity index is 2.71. The summed E-state index contributed by atoms with van der Waals surface area (Å²) < 4.78 is -0.510. The van der Waals surface area contributed by atoms with Gasteiger partial charge in [0.25, 0.3) is 0 Å². The van der Waals surface area contributed by atoms with Gasteiger partial charge in [0.1, 0.15) is 4.49 Å². The molecule has 0 atom stereocenters. The summed E-state index contributed by atoms with van der Waals surface area (Å²) >= 11 is 10.7. The maximum Gasteiger partial charge on any atom is 0.354 e. The van der Waals surface area contributed by atoms with Crippen molar-refractivity contribution >= 4 is 41.2 Å². The predicted molar refractivity (Wildman–Crippen MR) is 70.0 cm³/mol. The van der Waals surface area contributed by atoms with Gasteiger partial charge in [0.15, 0.2) is 5.70 Å². The number of carboxylic acids is 1. The highest BCUT2D eigenvalue weighted by Crippen LogP contribution is 2.12. The first-order valence-corrected chi connectivity index (χ1v) is 5.59.